The van der Waals surface area contributed by atoms with Gasteiger partial charge >= 0.3 is 5.97 Å². The maximum atomic E-state index is 12.9. The molecule has 5 aliphatic rings. The molecule has 0 bridgehead atoms. The summed E-state index contributed by atoms with van der Waals surface area (Å²) in [5.74, 6) is 1.88. The Morgan fingerprint density at radius 2 is 1.48 bits per heavy atom. The number of fused-ring (bicyclic) bond motifs is 7. The third-order valence-electron chi connectivity index (χ3n) is 17.0. The summed E-state index contributed by atoms with van der Waals surface area (Å²) in [4.78, 5) is 12.9. The maximum absolute atomic E-state index is 12.9. The zero-order valence-corrected chi connectivity index (χ0v) is 27.6. The molecule has 3 nitrogen and oxygen atoms in total. The second kappa shape index (κ2) is 9.33. The molecule has 0 amide bonds. The van der Waals surface area contributed by atoms with E-state index >= 15 is 0 Å². The van der Waals surface area contributed by atoms with E-state index in [-0.39, 0.29) is 38.4 Å². The summed E-state index contributed by atoms with van der Waals surface area (Å²) in [6, 6.07) is 0. The number of hydrogen-bond donors (Lipinski definition) is 2. The monoisotopic (exact) mass is 554 g/mol. The molecule has 0 spiro atoms. The van der Waals surface area contributed by atoms with E-state index in [0.717, 1.165) is 38.5 Å². The zero-order chi connectivity index (χ0) is 29.7. The van der Waals surface area contributed by atoms with Crippen LogP contribution in [0.5, 0.6) is 0 Å². The molecular formula is C37H62O3. The van der Waals surface area contributed by atoms with Gasteiger partial charge in [0, 0.05) is 6.61 Å². The number of carbonyl (C=O) groups is 1. The third kappa shape index (κ3) is 3.37. The normalized spacial score (nSPS) is 49.8. The molecule has 5 fully saturated rings. The molecule has 5 saturated carbocycles. The van der Waals surface area contributed by atoms with Crippen molar-refractivity contribution < 1.29 is 15.0 Å². The van der Waals surface area contributed by atoms with E-state index < -0.39 is 11.4 Å². The van der Waals surface area contributed by atoms with E-state index in [2.05, 4.69) is 68.9 Å². The maximum Gasteiger partial charge on any atom is 0.309 e. The Kier molecular flexibility index (Phi) is 7.14. The first-order valence-corrected chi connectivity index (χ1v) is 17.0. The molecule has 0 saturated heterocycles. The Bertz CT molecular complexity index is 1030. The lowest BCUT2D eigenvalue weighted by molar-refractivity contribution is -0.268. The Morgan fingerprint density at radius 3 is 2.02 bits per heavy atom. The third-order valence-corrected chi connectivity index (χ3v) is 17.0. The van der Waals surface area contributed by atoms with Crippen LogP contribution in [0.2, 0.25) is 0 Å². The van der Waals surface area contributed by atoms with Gasteiger partial charge in [0.25, 0.3) is 0 Å². The summed E-state index contributed by atoms with van der Waals surface area (Å²) in [6.07, 6.45) is 13.3. The van der Waals surface area contributed by atoms with Crippen LogP contribution in [0.3, 0.4) is 0 Å². The van der Waals surface area contributed by atoms with Crippen molar-refractivity contribution in [2.24, 2.45) is 67.5 Å². The number of aliphatic carboxylic acids is 1. The number of hydrogen-bond acceptors (Lipinski definition) is 2. The van der Waals surface area contributed by atoms with E-state index in [4.69, 9.17) is 0 Å². The number of aliphatic hydroxyl groups is 1. The molecule has 3 heteroatoms. The molecule has 0 aromatic rings. The van der Waals surface area contributed by atoms with Crippen LogP contribution in [-0.2, 0) is 4.79 Å². The van der Waals surface area contributed by atoms with Gasteiger partial charge < -0.3 is 10.2 Å². The van der Waals surface area contributed by atoms with E-state index in [0.29, 0.717) is 30.3 Å². The number of carboxylic acids is 1. The predicted octanol–water partition coefficient (Wildman–Crippen LogP) is 9.53. The molecule has 10 atom stereocenters. The summed E-state index contributed by atoms with van der Waals surface area (Å²) >= 11 is 0. The van der Waals surface area contributed by atoms with E-state index in [1.807, 2.05) is 0 Å². The molecule has 0 aromatic heterocycles. The highest BCUT2D eigenvalue weighted by molar-refractivity contribution is 5.76. The van der Waals surface area contributed by atoms with Gasteiger partial charge in [-0.3, -0.25) is 4.79 Å². The standard InChI is InChI=1S/C37H62O3/c1-11-36(12-2,23-38)35(10)21-19-32(7)27(31(35,5)6)16-17-34(9)28(32)14-13-26-29-25(24(3)4)15-18-37(29,30(39)40)22-20-33(26,34)8/h25-29,38H,3,11-23H2,1-2,4-10H3,(H,39,40)/t25?,26?,27?,28?,29?,32-,33?,34+,35+,37?/m0/s1. The molecule has 5 aliphatic carbocycles. The van der Waals surface area contributed by atoms with Crippen molar-refractivity contribution in [2.45, 2.75) is 139 Å². The fraction of sp³-hybridized carbons (Fsp3) is 0.919. The summed E-state index contributed by atoms with van der Waals surface area (Å²) < 4.78 is 0. The summed E-state index contributed by atoms with van der Waals surface area (Å²) in [7, 11) is 0. The van der Waals surface area contributed by atoms with Gasteiger partial charge in [0.15, 0.2) is 0 Å². The van der Waals surface area contributed by atoms with Gasteiger partial charge in [-0.1, -0.05) is 67.5 Å². The summed E-state index contributed by atoms with van der Waals surface area (Å²) in [6.45, 7) is 27.1. The van der Waals surface area contributed by atoms with Gasteiger partial charge in [0.2, 0.25) is 0 Å². The van der Waals surface area contributed by atoms with E-state index in [9.17, 15) is 15.0 Å². The molecule has 0 aromatic carbocycles. The molecule has 0 heterocycles. The van der Waals surface area contributed by atoms with Crippen LogP contribution < -0.4 is 0 Å². The van der Waals surface area contributed by atoms with Crippen LogP contribution >= 0.6 is 0 Å². The lowest BCUT2D eigenvalue weighted by atomic mass is 9.29. The zero-order valence-electron chi connectivity index (χ0n) is 27.6. The van der Waals surface area contributed by atoms with Crippen LogP contribution in [-0.4, -0.2) is 22.8 Å². The van der Waals surface area contributed by atoms with Crippen LogP contribution in [0.15, 0.2) is 12.2 Å². The highest BCUT2D eigenvalue weighted by Crippen LogP contribution is 2.79. The first-order valence-electron chi connectivity index (χ1n) is 17.0. The highest BCUT2D eigenvalue weighted by atomic mass is 16.4. The lowest BCUT2D eigenvalue weighted by Gasteiger charge is -2.75. The highest BCUT2D eigenvalue weighted by Gasteiger charge is 2.73. The van der Waals surface area contributed by atoms with Crippen LogP contribution in [0.4, 0.5) is 0 Å². The second-order valence-electron chi connectivity index (χ2n) is 17.3. The molecule has 2 N–H and O–H groups in total. The molecule has 40 heavy (non-hydrogen) atoms. The Morgan fingerprint density at radius 1 is 0.825 bits per heavy atom. The average Bonchev–Trinajstić information content (AvgIpc) is 3.30. The Labute approximate surface area is 246 Å². The fourth-order valence-electron chi connectivity index (χ4n) is 14.0. The minimum Gasteiger partial charge on any atom is -0.481 e. The minimum absolute atomic E-state index is 0.0220. The number of rotatable bonds is 6. The van der Waals surface area contributed by atoms with Crippen molar-refractivity contribution in [1.82, 2.24) is 0 Å². The number of carboxylic acid groups (broad SMARTS) is 1. The van der Waals surface area contributed by atoms with Crippen molar-refractivity contribution in [1.29, 1.82) is 0 Å². The van der Waals surface area contributed by atoms with Crippen molar-refractivity contribution in [3.05, 3.63) is 12.2 Å². The van der Waals surface area contributed by atoms with E-state index in [1.54, 1.807) is 0 Å². The summed E-state index contributed by atoms with van der Waals surface area (Å²) in [5, 5.41) is 21.5. The van der Waals surface area contributed by atoms with Crippen molar-refractivity contribution >= 4 is 5.97 Å². The number of aliphatic hydroxyl groups excluding tert-OH is 1. The molecule has 7 unspecified atom stereocenters. The van der Waals surface area contributed by atoms with Crippen LogP contribution in [0, 0.1) is 67.5 Å². The second-order valence-corrected chi connectivity index (χ2v) is 17.3. The van der Waals surface area contributed by atoms with Crippen LogP contribution in [0.1, 0.15) is 139 Å². The fourth-order valence-corrected chi connectivity index (χ4v) is 14.0. The lowest BCUT2D eigenvalue weighted by Crippen LogP contribution is -2.69. The first-order chi connectivity index (χ1) is 18.5. The van der Waals surface area contributed by atoms with Gasteiger partial charge in [0.05, 0.1) is 5.41 Å². The van der Waals surface area contributed by atoms with E-state index in [1.165, 1.54) is 44.1 Å². The molecule has 5 rings (SSSR count). The SMILES string of the molecule is C=C(C)C1CCC2(C(=O)O)CCC3(C)C(CCC4[C@@]5(C)CC[C@@](C)(C(CC)(CC)CO)C(C)(C)C5CC[C@]43C)C12. The van der Waals surface area contributed by atoms with Crippen LogP contribution in [0.25, 0.3) is 0 Å². The first kappa shape index (κ1) is 30.6. The molecule has 0 radical (unpaired) electrons. The Balaban J connectivity index is 1.54. The molecular weight excluding hydrogens is 492 g/mol. The Hall–Kier alpha value is -0.830. The number of allylic oxidation sites excluding steroid dienone is 1. The van der Waals surface area contributed by atoms with Gasteiger partial charge in [-0.15, -0.1) is 0 Å². The van der Waals surface area contributed by atoms with Crippen molar-refractivity contribution in [2.75, 3.05) is 6.61 Å². The smallest absolute Gasteiger partial charge is 0.309 e. The van der Waals surface area contributed by atoms with Gasteiger partial charge in [-0.2, -0.15) is 0 Å². The van der Waals surface area contributed by atoms with Gasteiger partial charge in [-0.05, 0) is 146 Å². The minimum atomic E-state index is -0.541. The largest absolute Gasteiger partial charge is 0.481 e. The molecule has 0 aliphatic heterocycles. The van der Waals surface area contributed by atoms with Gasteiger partial charge in [-0.25, -0.2) is 0 Å². The molecule has 228 valence electrons. The summed E-state index contributed by atoms with van der Waals surface area (Å²) in [5.41, 5.74) is 1.62. The topological polar surface area (TPSA) is 57.5 Å². The average molecular weight is 555 g/mol. The van der Waals surface area contributed by atoms with Gasteiger partial charge in [0.1, 0.15) is 0 Å². The quantitative estimate of drug-likeness (QED) is 0.321. The predicted molar refractivity (Wildman–Crippen MR) is 165 cm³/mol. The van der Waals surface area contributed by atoms with Crippen molar-refractivity contribution in [3.8, 4) is 0 Å². The van der Waals surface area contributed by atoms with Crippen molar-refractivity contribution in [3.63, 3.8) is 0 Å².